The van der Waals surface area contributed by atoms with Crippen LogP contribution in [0.1, 0.15) is 32.4 Å². The fourth-order valence-electron chi connectivity index (χ4n) is 2.57. The van der Waals surface area contributed by atoms with Crippen molar-refractivity contribution in [2.24, 2.45) is 0 Å². The van der Waals surface area contributed by atoms with Gasteiger partial charge in [-0.2, -0.15) is 0 Å². The quantitative estimate of drug-likeness (QED) is 0.917. The van der Waals surface area contributed by atoms with Crippen LogP contribution in [-0.2, 0) is 11.3 Å². The van der Waals surface area contributed by atoms with Crippen molar-refractivity contribution in [3.05, 3.63) is 24.2 Å². The molecule has 0 saturated carbocycles. The number of hydrogen-bond acceptors (Lipinski definition) is 3. The summed E-state index contributed by atoms with van der Waals surface area (Å²) >= 11 is 0. The summed E-state index contributed by atoms with van der Waals surface area (Å²) in [6.45, 7) is 4.83. The molecule has 1 aliphatic rings. The number of rotatable bonds is 4. The van der Waals surface area contributed by atoms with Gasteiger partial charge in [0.1, 0.15) is 11.3 Å². The number of carbonyl (C=O) groups excluding carboxylic acids is 1. The molecule has 1 unspecified atom stereocenters. The lowest BCUT2D eigenvalue weighted by Gasteiger charge is -2.35. The monoisotopic (exact) mass is 280 g/mol. The number of carboxylic acid groups (broad SMARTS) is 1. The number of carbonyl (C=O) groups is 2. The van der Waals surface area contributed by atoms with Gasteiger partial charge in [-0.15, -0.1) is 0 Å². The molecule has 0 aromatic carbocycles. The maximum absolute atomic E-state index is 12.6. The van der Waals surface area contributed by atoms with Crippen molar-refractivity contribution in [2.75, 3.05) is 13.1 Å². The van der Waals surface area contributed by atoms with Crippen LogP contribution in [0.3, 0.4) is 0 Å². The van der Waals surface area contributed by atoms with E-state index >= 15 is 0 Å². The molecule has 0 spiro atoms. The van der Waals surface area contributed by atoms with Gasteiger partial charge in [0.2, 0.25) is 0 Å². The summed E-state index contributed by atoms with van der Waals surface area (Å²) in [4.78, 5) is 27.1. The second-order valence-corrected chi connectivity index (χ2v) is 5.21. The first-order chi connectivity index (χ1) is 9.49. The molecule has 1 aliphatic heterocycles. The van der Waals surface area contributed by atoms with E-state index in [9.17, 15) is 14.7 Å². The summed E-state index contributed by atoms with van der Waals surface area (Å²) < 4.78 is 5.25. The third kappa shape index (κ3) is 2.50. The van der Waals surface area contributed by atoms with Crippen molar-refractivity contribution in [1.29, 1.82) is 0 Å². The van der Waals surface area contributed by atoms with Gasteiger partial charge in [0.05, 0.1) is 12.8 Å². The lowest BCUT2D eigenvalue weighted by Crippen LogP contribution is -2.54. The molecule has 0 bridgehead atoms. The standard InChI is InChI=1S/C14H20N2O4/c1-3-15(10-11-6-4-9-20-11)13(19)16-8-5-7-14(16,2)12(17)18/h4,6,9H,3,5,7-8,10H2,1-2H3,(H,17,18). The molecule has 6 heteroatoms. The maximum atomic E-state index is 12.6. The minimum Gasteiger partial charge on any atom is -0.480 e. The molecule has 20 heavy (non-hydrogen) atoms. The van der Waals surface area contributed by atoms with Crippen LogP contribution in [0.4, 0.5) is 4.79 Å². The van der Waals surface area contributed by atoms with Gasteiger partial charge in [0, 0.05) is 13.1 Å². The predicted molar refractivity (Wildman–Crippen MR) is 72.2 cm³/mol. The van der Waals surface area contributed by atoms with E-state index in [2.05, 4.69) is 0 Å². The molecule has 1 atom stereocenters. The molecule has 1 aromatic heterocycles. The minimum absolute atomic E-state index is 0.244. The molecule has 0 radical (unpaired) electrons. The number of furan rings is 1. The van der Waals surface area contributed by atoms with E-state index in [1.165, 1.54) is 4.90 Å². The summed E-state index contributed by atoms with van der Waals surface area (Å²) in [7, 11) is 0. The molecular weight excluding hydrogens is 260 g/mol. The topological polar surface area (TPSA) is 74.0 Å². The predicted octanol–water partition coefficient (Wildman–Crippen LogP) is 2.16. The van der Waals surface area contributed by atoms with E-state index in [0.29, 0.717) is 38.2 Å². The summed E-state index contributed by atoms with van der Waals surface area (Å²) in [6, 6.07) is 3.33. The Balaban J connectivity index is 2.14. The Bertz CT molecular complexity index is 485. The molecular formula is C14H20N2O4. The van der Waals surface area contributed by atoms with Gasteiger partial charge in [0.15, 0.2) is 0 Å². The molecule has 0 aliphatic carbocycles. The first kappa shape index (κ1) is 14.4. The normalized spacial score (nSPS) is 22.0. The zero-order chi connectivity index (χ0) is 14.8. The van der Waals surface area contributed by atoms with Crippen molar-refractivity contribution >= 4 is 12.0 Å². The van der Waals surface area contributed by atoms with Gasteiger partial charge in [-0.05, 0) is 38.8 Å². The largest absolute Gasteiger partial charge is 0.480 e. The van der Waals surface area contributed by atoms with Crippen LogP contribution < -0.4 is 0 Å². The van der Waals surface area contributed by atoms with Gasteiger partial charge >= 0.3 is 12.0 Å². The zero-order valence-electron chi connectivity index (χ0n) is 11.8. The van der Waals surface area contributed by atoms with E-state index in [4.69, 9.17) is 4.42 Å². The Kier molecular flexibility index (Phi) is 4.01. The summed E-state index contributed by atoms with van der Waals surface area (Å²) in [5, 5.41) is 9.37. The second kappa shape index (κ2) is 5.56. The third-order valence-corrected chi connectivity index (χ3v) is 3.91. The van der Waals surface area contributed by atoms with E-state index in [-0.39, 0.29) is 6.03 Å². The molecule has 2 rings (SSSR count). The number of urea groups is 1. The highest BCUT2D eigenvalue weighted by atomic mass is 16.4. The van der Waals surface area contributed by atoms with Crippen LogP contribution in [0.2, 0.25) is 0 Å². The number of carboxylic acids is 1. The molecule has 1 saturated heterocycles. The van der Waals surface area contributed by atoms with Crippen LogP contribution in [0.25, 0.3) is 0 Å². The summed E-state index contributed by atoms with van der Waals surface area (Å²) in [6.07, 6.45) is 2.77. The van der Waals surface area contributed by atoms with Gasteiger partial charge in [-0.25, -0.2) is 9.59 Å². The molecule has 2 amide bonds. The lowest BCUT2D eigenvalue weighted by molar-refractivity contribution is -0.147. The van der Waals surface area contributed by atoms with Crippen LogP contribution in [0.5, 0.6) is 0 Å². The third-order valence-electron chi connectivity index (χ3n) is 3.91. The van der Waals surface area contributed by atoms with Gasteiger partial charge in [-0.3, -0.25) is 0 Å². The zero-order valence-corrected chi connectivity index (χ0v) is 11.8. The van der Waals surface area contributed by atoms with Crippen molar-refractivity contribution in [2.45, 2.75) is 38.8 Å². The van der Waals surface area contributed by atoms with Crippen molar-refractivity contribution in [3.63, 3.8) is 0 Å². The summed E-state index contributed by atoms with van der Waals surface area (Å²) in [5.74, 6) is -0.256. The van der Waals surface area contributed by atoms with Crippen molar-refractivity contribution in [3.8, 4) is 0 Å². The van der Waals surface area contributed by atoms with Gasteiger partial charge in [-0.1, -0.05) is 0 Å². The SMILES string of the molecule is CCN(Cc1ccco1)C(=O)N1CCCC1(C)C(=O)O. The number of nitrogens with zero attached hydrogens (tertiary/aromatic N) is 2. The first-order valence-electron chi connectivity index (χ1n) is 6.81. The van der Waals surface area contributed by atoms with Crippen molar-refractivity contribution < 1.29 is 19.1 Å². The highest BCUT2D eigenvalue weighted by molar-refractivity contribution is 5.86. The van der Waals surface area contributed by atoms with E-state index < -0.39 is 11.5 Å². The van der Waals surface area contributed by atoms with Gasteiger partial charge in [0.25, 0.3) is 0 Å². The molecule has 110 valence electrons. The number of amides is 2. The number of aliphatic carboxylic acids is 1. The average molecular weight is 280 g/mol. The first-order valence-corrected chi connectivity index (χ1v) is 6.81. The van der Waals surface area contributed by atoms with Crippen LogP contribution in [0, 0.1) is 0 Å². The molecule has 1 fully saturated rings. The lowest BCUT2D eigenvalue weighted by atomic mass is 10.00. The Morgan fingerprint density at radius 1 is 1.55 bits per heavy atom. The van der Waals surface area contributed by atoms with E-state index in [1.807, 2.05) is 6.92 Å². The van der Waals surface area contributed by atoms with Crippen molar-refractivity contribution in [1.82, 2.24) is 9.80 Å². The van der Waals surface area contributed by atoms with E-state index in [1.54, 1.807) is 30.2 Å². The summed E-state index contributed by atoms with van der Waals surface area (Å²) in [5.41, 5.74) is -1.10. The second-order valence-electron chi connectivity index (χ2n) is 5.21. The Hall–Kier alpha value is -1.98. The van der Waals surface area contributed by atoms with Gasteiger partial charge < -0.3 is 19.3 Å². The van der Waals surface area contributed by atoms with Crippen LogP contribution >= 0.6 is 0 Å². The highest BCUT2D eigenvalue weighted by Gasteiger charge is 2.47. The fourth-order valence-corrected chi connectivity index (χ4v) is 2.57. The number of likely N-dealkylation sites (tertiary alicyclic amines) is 1. The maximum Gasteiger partial charge on any atom is 0.329 e. The Morgan fingerprint density at radius 3 is 2.85 bits per heavy atom. The smallest absolute Gasteiger partial charge is 0.329 e. The van der Waals surface area contributed by atoms with E-state index in [0.717, 1.165) is 0 Å². The van der Waals surface area contributed by atoms with Crippen LogP contribution in [-0.4, -0.2) is 45.5 Å². The number of hydrogen-bond donors (Lipinski definition) is 1. The average Bonchev–Trinajstić information content (AvgIpc) is 3.05. The molecule has 6 nitrogen and oxygen atoms in total. The van der Waals surface area contributed by atoms with Crippen LogP contribution in [0.15, 0.2) is 22.8 Å². The molecule has 2 heterocycles. The molecule has 1 aromatic rings. The highest BCUT2D eigenvalue weighted by Crippen LogP contribution is 2.30. The fraction of sp³-hybridized carbons (Fsp3) is 0.571. The minimum atomic E-state index is -1.10. The Morgan fingerprint density at radius 2 is 2.30 bits per heavy atom. The molecule has 1 N–H and O–H groups in total. The Labute approximate surface area is 118 Å².